The topological polar surface area (TPSA) is 0 Å². The van der Waals surface area contributed by atoms with E-state index in [2.05, 4.69) is 102 Å². The van der Waals surface area contributed by atoms with Crippen molar-refractivity contribution in [3.8, 4) is 0 Å². The van der Waals surface area contributed by atoms with E-state index in [0.717, 1.165) is 12.8 Å². The van der Waals surface area contributed by atoms with Crippen LogP contribution in [0.3, 0.4) is 0 Å². The third kappa shape index (κ3) is 3.49. The van der Waals surface area contributed by atoms with E-state index < -0.39 is 0 Å². The summed E-state index contributed by atoms with van der Waals surface area (Å²) in [4.78, 5) is 0. The fraction of sp³-hybridized carbons (Fsp3) is 0.436. The summed E-state index contributed by atoms with van der Waals surface area (Å²) in [5.74, 6) is 0. The van der Waals surface area contributed by atoms with Gasteiger partial charge in [0, 0.05) is 0 Å². The molecule has 0 spiro atoms. The van der Waals surface area contributed by atoms with Crippen LogP contribution in [0.1, 0.15) is 117 Å². The minimum atomic E-state index is -0.255. The van der Waals surface area contributed by atoms with Crippen molar-refractivity contribution in [2.24, 2.45) is 5.41 Å². The lowest BCUT2D eigenvalue weighted by molar-refractivity contribution is 0.412. The van der Waals surface area contributed by atoms with Crippen molar-refractivity contribution in [2.75, 3.05) is 0 Å². The number of fused-ring (bicyclic) bond motifs is 4. The lowest BCUT2D eigenvalue weighted by Gasteiger charge is -2.40. The Labute approximate surface area is 236 Å². The molecule has 0 atom stereocenters. The average molecular weight is 513 g/mol. The van der Waals surface area contributed by atoms with Crippen LogP contribution in [0.25, 0.3) is 5.57 Å². The van der Waals surface area contributed by atoms with Gasteiger partial charge in [-0.25, -0.2) is 0 Å². The normalized spacial score (nSPS) is 18.9. The molecule has 4 aliphatic carbocycles. The highest BCUT2D eigenvalue weighted by atomic mass is 14.5. The van der Waals surface area contributed by atoms with Gasteiger partial charge < -0.3 is 0 Å². The standard InChI is InChI=1S/C39H44/c1-7-37(3,4)29-17-19-33-34-20-18-30(38(5,6)8-2)24-36(34)39(35(33)23-29,31-15-13-25-9-11-27(25)21-31)32-16-14-26-10-12-28(26)22-32/h13-17,19,21-24H,7-12,18,20H2,1-6H3. The maximum Gasteiger partial charge on any atom is 0.0710 e. The molecule has 0 N–H and O–H groups in total. The highest BCUT2D eigenvalue weighted by molar-refractivity contribution is 5.89. The van der Waals surface area contributed by atoms with Crippen LogP contribution in [0.5, 0.6) is 0 Å². The highest BCUT2D eigenvalue weighted by Crippen LogP contribution is 2.60. The van der Waals surface area contributed by atoms with Gasteiger partial charge in [0.2, 0.25) is 0 Å². The first kappa shape index (κ1) is 25.1. The molecule has 0 saturated heterocycles. The second-order valence-corrected chi connectivity index (χ2v) is 14.0. The van der Waals surface area contributed by atoms with Crippen LogP contribution in [0, 0.1) is 5.41 Å². The van der Waals surface area contributed by atoms with E-state index in [1.165, 1.54) is 66.3 Å². The quantitative estimate of drug-likeness (QED) is 0.308. The monoisotopic (exact) mass is 512 g/mol. The first-order chi connectivity index (χ1) is 18.7. The number of rotatable bonds is 6. The van der Waals surface area contributed by atoms with Gasteiger partial charge in [-0.2, -0.15) is 0 Å². The molecule has 0 amide bonds. The second-order valence-electron chi connectivity index (χ2n) is 14.0. The molecule has 4 aliphatic rings. The Morgan fingerprint density at radius 1 is 0.615 bits per heavy atom. The molecule has 200 valence electrons. The lowest BCUT2D eigenvalue weighted by atomic mass is 9.62. The zero-order valence-corrected chi connectivity index (χ0v) is 24.9. The first-order valence-electron chi connectivity index (χ1n) is 15.5. The van der Waals surface area contributed by atoms with E-state index >= 15 is 0 Å². The molecule has 0 heterocycles. The largest absolute Gasteiger partial charge is 0.0710 e. The molecule has 0 fully saturated rings. The van der Waals surface area contributed by atoms with Gasteiger partial charge >= 0.3 is 0 Å². The average Bonchev–Trinajstić information content (AvgIpc) is 3.20. The van der Waals surface area contributed by atoms with Crippen LogP contribution in [0.2, 0.25) is 0 Å². The molecule has 7 rings (SSSR count). The molecule has 0 nitrogen and oxygen atoms in total. The Kier molecular flexibility index (Phi) is 5.52. The van der Waals surface area contributed by atoms with E-state index in [0.29, 0.717) is 0 Å². The van der Waals surface area contributed by atoms with Crippen LogP contribution < -0.4 is 0 Å². The van der Waals surface area contributed by atoms with Crippen molar-refractivity contribution in [3.05, 3.63) is 122 Å². The van der Waals surface area contributed by atoms with Crippen molar-refractivity contribution in [2.45, 2.75) is 104 Å². The Bertz CT molecular complexity index is 1510. The van der Waals surface area contributed by atoms with Crippen molar-refractivity contribution < 1.29 is 0 Å². The maximum absolute atomic E-state index is 2.67. The molecule has 0 bridgehead atoms. The SMILES string of the molecule is CCC(C)(C)C1=CC2=C(CC1)c1ccc(C(C)(C)CC)cc1C2(c1ccc2c(c1)CC2)c1ccc2c(c1)CC2. The summed E-state index contributed by atoms with van der Waals surface area (Å²) in [7, 11) is 0. The Morgan fingerprint density at radius 3 is 1.72 bits per heavy atom. The predicted molar refractivity (Wildman–Crippen MR) is 166 cm³/mol. The summed E-state index contributed by atoms with van der Waals surface area (Å²) in [6, 6.07) is 22.6. The van der Waals surface area contributed by atoms with E-state index in [1.807, 2.05) is 0 Å². The van der Waals surface area contributed by atoms with Crippen molar-refractivity contribution >= 4 is 5.57 Å². The van der Waals surface area contributed by atoms with Crippen molar-refractivity contribution in [3.63, 3.8) is 0 Å². The summed E-state index contributed by atoms with van der Waals surface area (Å²) < 4.78 is 0. The zero-order chi connectivity index (χ0) is 27.2. The summed E-state index contributed by atoms with van der Waals surface area (Å²) in [5.41, 5.74) is 18.6. The Balaban J connectivity index is 1.58. The van der Waals surface area contributed by atoms with Crippen LogP contribution in [-0.2, 0) is 36.5 Å². The lowest BCUT2D eigenvalue weighted by Crippen LogP contribution is -2.32. The minimum Gasteiger partial charge on any atom is -0.0646 e. The molecule has 3 aromatic rings. The molecular formula is C39H44. The Hall–Kier alpha value is -2.86. The fourth-order valence-corrected chi connectivity index (χ4v) is 7.64. The Morgan fingerprint density at radius 2 is 1.21 bits per heavy atom. The summed E-state index contributed by atoms with van der Waals surface area (Å²) >= 11 is 0. The van der Waals surface area contributed by atoms with Gasteiger partial charge in [0.1, 0.15) is 0 Å². The number of hydrogen-bond donors (Lipinski definition) is 0. The van der Waals surface area contributed by atoms with Crippen molar-refractivity contribution in [1.29, 1.82) is 0 Å². The highest BCUT2D eigenvalue weighted by Gasteiger charge is 2.49. The minimum absolute atomic E-state index is 0.149. The summed E-state index contributed by atoms with van der Waals surface area (Å²) in [6.07, 6.45) is 12.2. The first-order valence-corrected chi connectivity index (χ1v) is 15.5. The zero-order valence-electron chi connectivity index (χ0n) is 24.9. The van der Waals surface area contributed by atoms with Crippen LogP contribution in [0.15, 0.2) is 71.8 Å². The van der Waals surface area contributed by atoms with Crippen LogP contribution in [0.4, 0.5) is 0 Å². The number of aryl methyl sites for hydroxylation is 4. The van der Waals surface area contributed by atoms with E-state index in [-0.39, 0.29) is 16.2 Å². The van der Waals surface area contributed by atoms with Crippen LogP contribution in [-0.4, -0.2) is 0 Å². The van der Waals surface area contributed by atoms with Gasteiger partial charge in [-0.15, -0.1) is 0 Å². The third-order valence-electron chi connectivity index (χ3n) is 11.5. The number of allylic oxidation sites excluding steroid dienone is 4. The molecule has 0 heteroatoms. The summed E-state index contributed by atoms with van der Waals surface area (Å²) in [6.45, 7) is 14.4. The van der Waals surface area contributed by atoms with E-state index in [1.54, 1.807) is 39.0 Å². The second kappa shape index (κ2) is 8.57. The van der Waals surface area contributed by atoms with Gasteiger partial charge in [-0.05, 0) is 123 Å². The fourth-order valence-electron chi connectivity index (χ4n) is 7.64. The third-order valence-corrected chi connectivity index (χ3v) is 11.5. The van der Waals surface area contributed by atoms with Gasteiger partial charge in [-0.3, -0.25) is 0 Å². The molecule has 3 aromatic carbocycles. The molecular weight excluding hydrogens is 468 g/mol. The van der Waals surface area contributed by atoms with Gasteiger partial charge in [-0.1, -0.05) is 108 Å². The van der Waals surface area contributed by atoms with Crippen LogP contribution >= 0.6 is 0 Å². The predicted octanol–water partition coefficient (Wildman–Crippen LogP) is 9.83. The maximum atomic E-state index is 2.67. The molecule has 39 heavy (non-hydrogen) atoms. The van der Waals surface area contributed by atoms with E-state index in [4.69, 9.17) is 0 Å². The van der Waals surface area contributed by atoms with E-state index in [9.17, 15) is 0 Å². The summed E-state index contributed by atoms with van der Waals surface area (Å²) in [5, 5.41) is 0. The molecule has 0 aliphatic heterocycles. The van der Waals surface area contributed by atoms with Gasteiger partial charge in [0.05, 0.1) is 5.41 Å². The van der Waals surface area contributed by atoms with Crippen molar-refractivity contribution in [1.82, 2.24) is 0 Å². The van der Waals surface area contributed by atoms with Gasteiger partial charge in [0.25, 0.3) is 0 Å². The number of hydrogen-bond acceptors (Lipinski definition) is 0. The molecule has 0 saturated carbocycles. The number of benzene rings is 3. The molecule has 0 unspecified atom stereocenters. The smallest absolute Gasteiger partial charge is 0.0646 e. The molecule has 0 radical (unpaired) electrons. The molecule has 0 aromatic heterocycles. The van der Waals surface area contributed by atoms with Gasteiger partial charge in [0.15, 0.2) is 0 Å².